The summed E-state index contributed by atoms with van der Waals surface area (Å²) >= 11 is 0. The Labute approximate surface area is 464 Å². The normalized spacial score (nSPS) is 17.4. The lowest BCUT2D eigenvalue weighted by Gasteiger charge is -2.40. The fourth-order valence-corrected chi connectivity index (χ4v) is 12.3. The SMILES string of the molecule is CCCCCCCCCCCCC(CCCCCCCCCC)CCC(=O)C(O)(c1ccco1)C1CC(=O)C(C(O)(C(=O)NCC(CCCCCCCCCC)CCCCCCCCCCCC)c2ccco2)CC1=O. The van der Waals surface area contributed by atoms with Crippen LogP contribution in [0.5, 0.6) is 0 Å². The summed E-state index contributed by atoms with van der Waals surface area (Å²) in [4.78, 5) is 58.3. The van der Waals surface area contributed by atoms with Crippen LogP contribution in [0, 0.1) is 23.7 Å². The van der Waals surface area contributed by atoms with Gasteiger partial charge in [-0.25, -0.2) is 0 Å². The molecule has 436 valence electrons. The van der Waals surface area contributed by atoms with Crippen LogP contribution in [0.25, 0.3) is 0 Å². The second-order valence-electron chi connectivity index (χ2n) is 23.8. The Morgan fingerprint density at radius 3 is 1.09 bits per heavy atom. The minimum atomic E-state index is -2.47. The second-order valence-corrected chi connectivity index (χ2v) is 23.8. The quantitative estimate of drug-likeness (QED) is 0.0555. The van der Waals surface area contributed by atoms with E-state index in [0.29, 0.717) is 18.9 Å². The number of aliphatic hydroxyl groups is 2. The maximum Gasteiger partial charge on any atom is 0.260 e. The molecular formula is C67H115NO8. The Kier molecular flexibility index (Phi) is 37.1. The van der Waals surface area contributed by atoms with Crippen LogP contribution in [-0.2, 0) is 30.4 Å². The number of Topliss-reactive ketones (excluding diaryl/α,β-unsaturated/α-hetero) is 3. The van der Waals surface area contributed by atoms with Gasteiger partial charge in [-0.05, 0) is 55.4 Å². The molecule has 1 aliphatic carbocycles. The van der Waals surface area contributed by atoms with Crippen LogP contribution in [-0.4, -0.2) is 40.0 Å². The van der Waals surface area contributed by atoms with Gasteiger partial charge in [0.1, 0.15) is 23.1 Å². The molecule has 0 aliphatic heterocycles. The number of rotatable bonds is 51. The summed E-state index contributed by atoms with van der Waals surface area (Å²) in [6.07, 6.45) is 51.1. The highest BCUT2D eigenvalue weighted by Crippen LogP contribution is 2.45. The number of amides is 1. The van der Waals surface area contributed by atoms with Gasteiger partial charge >= 0.3 is 0 Å². The molecule has 76 heavy (non-hydrogen) atoms. The fraction of sp³-hybridized carbons (Fsp3) is 0.821. The molecule has 0 bridgehead atoms. The van der Waals surface area contributed by atoms with Gasteiger partial charge in [-0.15, -0.1) is 0 Å². The molecule has 1 fully saturated rings. The zero-order valence-corrected chi connectivity index (χ0v) is 49.4. The van der Waals surface area contributed by atoms with Crippen LogP contribution in [0.1, 0.15) is 322 Å². The van der Waals surface area contributed by atoms with Gasteiger partial charge in [0.25, 0.3) is 5.91 Å². The summed E-state index contributed by atoms with van der Waals surface area (Å²) in [6, 6.07) is 6.14. The number of nitrogens with one attached hydrogen (secondary N) is 1. The highest BCUT2D eigenvalue weighted by molar-refractivity contribution is 6.04. The topological polar surface area (TPSA) is 147 Å². The number of furan rings is 2. The minimum absolute atomic E-state index is 0.0516. The first-order valence-electron chi connectivity index (χ1n) is 32.5. The average molecular weight is 1060 g/mol. The first kappa shape index (κ1) is 67.2. The van der Waals surface area contributed by atoms with Crippen molar-refractivity contribution in [2.24, 2.45) is 23.7 Å². The van der Waals surface area contributed by atoms with E-state index in [1.165, 1.54) is 217 Å². The van der Waals surface area contributed by atoms with Gasteiger partial charge in [0.05, 0.1) is 24.4 Å². The lowest BCUT2D eigenvalue weighted by atomic mass is 9.64. The van der Waals surface area contributed by atoms with Gasteiger partial charge in [-0.1, -0.05) is 272 Å². The number of hydrogen-bond donors (Lipinski definition) is 3. The molecule has 6 atom stereocenters. The second kappa shape index (κ2) is 41.9. The summed E-state index contributed by atoms with van der Waals surface area (Å²) in [5, 5.41) is 28.3. The molecule has 0 saturated heterocycles. The zero-order valence-electron chi connectivity index (χ0n) is 49.4. The van der Waals surface area contributed by atoms with Crippen LogP contribution in [0.3, 0.4) is 0 Å². The molecule has 2 heterocycles. The molecule has 1 aliphatic rings. The molecular weight excluding hydrogens is 947 g/mol. The van der Waals surface area contributed by atoms with Gasteiger partial charge in [0, 0.05) is 25.8 Å². The number of carbonyl (C=O) groups is 4. The first-order chi connectivity index (χ1) is 37.1. The monoisotopic (exact) mass is 1060 g/mol. The predicted molar refractivity (Wildman–Crippen MR) is 313 cm³/mol. The van der Waals surface area contributed by atoms with Crippen molar-refractivity contribution in [1.82, 2.24) is 5.32 Å². The first-order valence-corrected chi connectivity index (χ1v) is 32.5. The predicted octanol–water partition coefficient (Wildman–Crippen LogP) is 18.5. The van der Waals surface area contributed by atoms with Crippen molar-refractivity contribution in [3.8, 4) is 0 Å². The van der Waals surface area contributed by atoms with E-state index in [1.807, 2.05) is 0 Å². The summed E-state index contributed by atoms with van der Waals surface area (Å²) in [5.74, 6) is -4.98. The van der Waals surface area contributed by atoms with Crippen molar-refractivity contribution >= 4 is 23.3 Å². The third-order valence-electron chi connectivity index (χ3n) is 17.4. The molecule has 2 aromatic rings. The van der Waals surface area contributed by atoms with Crippen LogP contribution in [0.2, 0.25) is 0 Å². The van der Waals surface area contributed by atoms with Crippen LogP contribution in [0.4, 0.5) is 0 Å². The standard InChI is InChI=1S/C67H115NO8/c1-5-9-13-17-21-25-27-31-34-38-44-56(43-37-33-29-23-19-15-11-7-3)49-50-62(71)66(73,63-47-41-51-75-63)58-53-61(70)59(54-60(58)69)67(74,64-48-42-52-76-64)65(72)68-55-57(45-39-35-30-24-20-16-12-8-4)46-40-36-32-28-26-22-18-14-10-6-2/h41-42,47-48,51-52,56-59,73-74H,5-40,43-46,49-50,53-55H2,1-4H3,(H,68,72). The lowest BCUT2D eigenvalue weighted by Crippen LogP contribution is -2.57. The molecule has 3 N–H and O–H groups in total. The third kappa shape index (κ3) is 25.4. The number of ketones is 3. The molecule has 3 rings (SSSR count). The van der Waals surface area contributed by atoms with Crippen molar-refractivity contribution in [1.29, 1.82) is 0 Å². The van der Waals surface area contributed by atoms with Crippen molar-refractivity contribution < 1.29 is 38.2 Å². The van der Waals surface area contributed by atoms with Crippen LogP contribution in [0.15, 0.2) is 45.6 Å². The number of carbonyl (C=O) groups excluding carboxylic acids is 4. The Morgan fingerprint density at radius 1 is 0.461 bits per heavy atom. The van der Waals surface area contributed by atoms with Crippen molar-refractivity contribution in [2.45, 2.75) is 321 Å². The Balaban J connectivity index is 1.71. The van der Waals surface area contributed by atoms with E-state index in [1.54, 1.807) is 12.1 Å². The van der Waals surface area contributed by atoms with Gasteiger partial charge in [0.15, 0.2) is 11.4 Å². The fourth-order valence-electron chi connectivity index (χ4n) is 12.3. The summed E-state index contributed by atoms with van der Waals surface area (Å²) in [6.45, 7) is 9.34. The Hall–Kier alpha value is -3.04. The van der Waals surface area contributed by atoms with Gasteiger partial charge < -0.3 is 24.4 Å². The van der Waals surface area contributed by atoms with E-state index in [4.69, 9.17) is 8.83 Å². The molecule has 0 radical (unpaired) electrons. The largest absolute Gasteiger partial charge is 0.466 e. The third-order valence-corrected chi connectivity index (χ3v) is 17.4. The van der Waals surface area contributed by atoms with Crippen molar-refractivity contribution in [3.63, 3.8) is 0 Å². The lowest BCUT2D eigenvalue weighted by molar-refractivity contribution is -0.170. The highest BCUT2D eigenvalue weighted by Gasteiger charge is 2.59. The number of hydrogen-bond acceptors (Lipinski definition) is 8. The van der Waals surface area contributed by atoms with Crippen molar-refractivity contribution in [2.75, 3.05) is 6.54 Å². The Bertz CT molecular complexity index is 1610. The minimum Gasteiger partial charge on any atom is -0.466 e. The van der Waals surface area contributed by atoms with E-state index in [2.05, 4.69) is 33.0 Å². The van der Waals surface area contributed by atoms with Gasteiger partial charge in [-0.3, -0.25) is 19.2 Å². The maximum atomic E-state index is 14.6. The summed E-state index contributed by atoms with van der Waals surface area (Å²) in [7, 11) is 0. The molecule has 0 spiro atoms. The van der Waals surface area contributed by atoms with E-state index < -0.39 is 59.1 Å². The van der Waals surface area contributed by atoms with E-state index in [-0.39, 0.29) is 23.9 Å². The van der Waals surface area contributed by atoms with Crippen molar-refractivity contribution in [3.05, 3.63) is 48.3 Å². The smallest absolute Gasteiger partial charge is 0.260 e. The Morgan fingerprint density at radius 2 is 0.763 bits per heavy atom. The van der Waals surface area contributed by atoms with Crippen LogP contribution < -0.4 is 5.32 Å². The highest BCUT2D eigenvalue weighted by atomic mass is 16.4. The zero-order chi connectivity index (χ0) is 55.0. The summed E-state index contributed by atoms with van der Waals surface area (Å²) in [5.41, 5.74) is -4.84. The van der Waals surface area contributed by atoms with Gasteiger partial charge in [-0.2, -0.15) is 0 Å². The van der Waals surface area contributed by atoms with E-state index >= 15 is 0 Å². The average Bonchev–Trinajstić information content (AvgIpc) is 4.24. The molecule has 1 amide bonds. The molecule has 1 saturated carbocycles. The molecule has 9 heteroatoms. The van der Waals surface area contributed by atoms with E-state index in [9.17, 15) is 29.4 Å². The molecule has 2 aromatic heterocycles. The van der Waals surface area contributed by atoms with E-state index in [0.717, 1.165) is 64.2 Å². The van der Waals surface area contributed by atoms with Crippen LogP contribution >= 0.6 is 0 Å². The molecule has 9 nitrogen and oxygen atoms in total. The number of unbranched alkanes of at least 4 members (excludes halogenated alkanes) is 32. The summed E-state index contributed by atoms with van der Waals surface area (Å²) < 4.78 is 11.5. The maximum absolute atomic E-state index is 14.6. The molecule has 0 aromatic carbocycles. The molecule has 6 unspecified atom stereocenters. The van der Waals surface area contributed by atoms with Gasteiger partial charge in [0.2, 0.25) is 5.60 Å².